The van der Waals surface area contributed by atoms with Gasteiger partial charge in [-0.15, -0.1) is 0 Å². The van der Waals surface area contributed by atoms with Crippen LogP contribution in [0.4, 0.5) is 0 Å². The predicted molar refractivity (Wildman–Crippen MR) is 339 cm³/mol. The molecule has 5 fully saturated rings. The van der Waals surface area contributed by atoms with Gasteiger partial charge in [0.05, 0.1) is 93.2 Å². The van der Waals surface area contributed by atoms with E-state index in [1.165, 1.54) is 52.7 Å². The number of hydrogen-bond donors (Lipinski definition) is 2. The molecule has 6 atom stereocenters. The molecule has 24 heteroatoms. The summed E-state index contributed by atoms with van der Waals surface area (Å²) in [5.74, 6) is 3.79. The fourth-order valence-corrected chi connectivity index (χ4v) is 13.9. The van der Waals surface area contributed by atoms with Gasteiger partial charge >= 0.3 is 13.1 Å². The van der Waals surface area contributed by atoms with Crippen LogP contribution in [0.3, 0.4) is 0 Å². The van der Waals surface area contributed by atoms with E-state index in [-0.39, 0.29) is 59.4 Å². The van der Waals surface area contributed by atoms with Crippen molar-refractivity contribution in [3.05, 3.63) is 132 Å². The Balaban J connectivity index is 0.000000134. The van der Waals surface area contributed by atoms with Crippen LogP contribution in [0.2, 0.25) is 0 Å². The molecule has 466 valence electrons. The molecule has 3 aliphatic heterocycles. The number of carbonyl (C=O) groups excluding carboxylic acids is 3. The number of hydrogen-bond acceptors (Lipinski definition) is 15. The van der Waals surface area contributed by atoms with E-state index in [1.54, 1.807) is 50.7 Å². The quantitative estimate of drug-likeness (QED) is 0.0806. The number of fused-ring (bicyclic) bond motifs is 6. The molecule has 2 saturated carbocycles. The number of aromatic nitrogens is 8. The molecule has 0 unspecified atom stereocenters. The lowest BCUT2D eigenvalue weighted by Gasteiger charge is -2.32. The van der Waals surface area contributed by atoms with Gasteiger partial charge in [0.2, 0.25) is 11.8 Å². The van der Waals surface area contributed by atoms with Crippen LogP contribution in [0, 0.1) is 18.8 Å². The van der Waals surface area contributed by atoms with Crippen molar-refractivity contribution in [1.82, 2.24) is 47.5 Å². The minimum atomic E-state index is -3.89. The molecule has 2 amide bonds. The van der Waals surface area contributed by atoms with E-state index in [0.717, 1.165) is 66.2 Å². The average Bonchev–Trinajstić information content (AvgIpc) is 1.61. The molecule has 0 radical (unpaired) electrons. The van der Waals surface area contributed by atoms with Gasteiger partial charge in [-0.05, 0) is 168 Å². The van der Waals surface area contributed by atoms with Crippen LogP contribution in [0.5, 0.6) is 11.5 Å². The Morgan fingerprint density at radius 3 is 1.87 bits per heavy atom. The normalized spacial score (nSPS) is 21.2. The fraction of sp³-hybridized carbons (Fsp3) is 0.431. The van der Waals surface area contributed by atoms with Crippen molar-refractivity contribution in [3.8, 4) is 22.8 Å². The number of amides is 2. The molecule has 9 aromatic rings. The average molecular weight is 1290 g/mol. The second-order valence-corrected chi connectivity index (χ2v) is 27.7. The summed E-state index contributed by atoms with van der Waals surface area (Å²) in [5.41, 5.74) is 7.02. The number of esters is 1. The Hall–Kier alpha value is -7.64. The lowest BCUT2D eigenvalue weighted by Crippen LogP contribution is -2.41. The largest absolute Gasteiger partial charge is 0.494 e. The molecule has 2 aliphatic carbocycles. The van der Waals surface area contributed by atoms with Gasteiger partial charge in [-0.3, -0.25) is 23.2 Å². The molecular weight excluding hydrogens is 1220 g/mol. The van der Waals surface area contributed by atoms with E-state index in [2.05, 4.69) is 81.8 Å². The van der Waals surface area contributed by atoms with Crippen LogP contribution in [0.15, 0.2) is 119 Å². The number of H-pyrrole nitrogens is 1. The third kappa shape index (κ3) is 12.3. The number of imidazole rings is 2. The maximum atomic E-state index is 13.4. The monoisotopic (exact) mass is 1290 g/mol. The Bertz CT molecular complexity index is 4240. The van der Waals surface area contributed by atoms with Crippen LogP contribution in [0.25, 0.3) is 44.6 Å². The standard InChI is InChI=1S/C25H27N5O3.C23H22BrN5O5S.C17H25BO3/c1-14(16-3-4-16)33-19-7-5-17(6-8-19)23-22-12-27-24-20(9-10-26-24)30(22)25(28-23)21-11-18(32)13-29(21)15(2)31;1-13-4-6-17(7-5-13)35(32,33)28-9-8-18-22(28)25-11-20-21(24)26-23(29(18)20)19-10-16(34-15(3)31)12-27(19)14(2)30;1-12(13-6-7-13)19-15-10-8-14(9-11-15)18-20-16(2,3)17(4,5)21-18/h5-10,12,14,16,18,21,26,32H,3-4,11,13H2,1-2H3;4-9,11,16,19H,10,12H2,1-3H3;8-13H,6-7H2,1-5H3/t14-,18-,21-;16-,19-;12-/m111/s1. The molecule has 2 N–H and O–H groups in total. The Labute approximate surface area is 525 Å². The molecule has 14 rings (SSSR count). The first-order valence-electron chi connectivity index (χ1n) is 30.4. The molecule has 0 spiro atoms. The second-order valence-electron chi connectivity index (χ2n) is 25.1. The van der Waals surface area contributed by atoms with Crippen LogP contribution in [-0.2, 0) is 38.5 Å². The number of halogens is 1. The van der Waals surface area contributed by atoms with E-state index >= 15 is 0 Å². The zero-order chi connectivity index (χ0) is 63.0. The Morgan fingerprint density at radius 1 is 0.708 bits per heavy atom. The number of aliphatic hydroxyl groups excluding tert-OH is 1. The van der Waals surface area contributed by atoms with Crippen LogP contribution < -0.4 is 14.9 Å². The van der Waals surface area contributed by atoms with Crippen LogP contribution in [0.1, 0.15) is 130 Å². The number of rotatable bonds is 13. The minimum absolute atomic E-state index is 0.0690. The number of nitrogens with zero attached hydrogens (tertiary/aromatic N) is 9. The predicted octanol–water partition coefficient (Wildman–Crippen LogP) is 10.1. The third-order valence-electron chi connectivity index (χ3n) is 18.1. The van der Waals surface area contributed by atoms with Crippen molar-refractivity contribution in [1.29, 1.82) is 0 Å². The van der Waals surface area contributed by atoms with E-state index in [9.17, 15) is 27.9 Å². The second kappa shape index (κ2) is 24.0. The topological polar surface area (TPSA) is 239 Å². The summed E-state index contributed by atoms with van der Waals surface area (Å²) < 4.78 is 61.8. The number of carbonyl (C=O) groups is 3. The third-order valence-corrected chi connectivity index (χ3v) is 20.3. The number of aromatic amines is 1. The van der Waals surface area contributed by atoms with Gasteiger partial charge in [0, 0.05) is 58.1 Å². The van der Waals surface area contributed by atoms with Gasteiger partial charge in [-0.1, -0.05) is 29.8 Å². The van der Waals surface area contributed by atoms with E-state index in [1.807, 2.05) is 73.9 Å². The number of nitrogens with one attached hydrogen (secondary N) is 1. The van der Waals surface area contributed by atoms with Crippen molar-refractivity contribution in [2.24, 2.45) is 11.8 Å². The molecule has 3 aromatic carbocycles. The van der Waals surface area contributed by atoms with Crippen LogP contribution in [-0.4, -0.2) is 135 Å². The molecule has 89 heavy (non-hydrogen) atoms. The van der Waals surface area contributed by atoms with Crippen molar-refractivity contribution < 1.29 is 51.4 Å². The maximum Gasteiger partial charge on any atom is 0.494 e. The fourth-order valence-electron chi connectivity index (χ4n) is 12.1. The zero-order valence-electron chi connectivity index (χ0n) is 51.6. The summed E-state index contributed by atoms with van der Waals surface area (Å²) >= 11 is 3.47. The maximum absolute atomic E-state index is 13.4. The smallest absolute Gasteiger partial charge is 0.490 e. The molecule has 9 heterocycles. The molecule has 6 aromatic heterocycles. The molecule has 21 nitrogen and oxygen atoms in total. The number of ether oxygens (including phenoxy) is 3. The van der Waals surface area contributed by atoms with Gasteiger partial charge in [0.15, 0.2) is 11.3 Å². The first kappa shape index (κ1) is 61.6. The van der Waals surface area contributed by atoms with E-state index in [4.69, 9.17) is 28.5 Å². The van der Waals surface area contributed by atoms with Gasteiger partial charge in [0.1, 0.15) is 33.9 Å². The summed E-state index contributed by atoms with van der Waals surface area (Å²) in [7, 11) is -4.19. The SMILES string of the molecule is CC(=O)N1C[C@H](O)C[C@@H]1c1nc(-c2ccc(O[C@H](C)C3CC3)cc2)c2cnc3[nH]ccc3n12.CC(=O)O[C@@H]1C[C@H](c2nc(Br)c3cnc4c(ccn4S(=O)(=O)c4ccc(C)cc4)n23)N(C(C)=O)C1.C[C@@H](Oc1ccc(B2OC(C)(C)C(C)(C)O2)cc1)C1CC1. The van der Waals surface area contributed by atoms with Crippen LogP contribution >= 0.6 is 15.9 Å². The highest BCUT2D eigenvalue weighted by molar-refractivity contribution is 9.10. The van der Waals surface area contributed by atoms with Crippen molar-refractivity contribution in [2.75, 3.05) is 13.1 Å². The van der Waals surface area contributed by atoms with Gasteiger partial charge < -0.3 is 43.4 Å². The summed E-state index contributed by atoms with van der Waals surface area (Å²) in [6, 6.07) is 25.6. The van der Waals surface area contributed by atoms with Gasteiger partial charge in [0.25, 0.3) is 10.0 Å². The number of likely N-dealkylation sites (tertiary alicyclic amines) is 2. The lowest BCUT2D eigenvalue weighted by atomic mass is 9.79. The Morgan fingerprint density at radius 2 is 1.27 bits per heavy atom. The molecular formula is C65H74BBrN10O11S. The number of aryl methyl sites for hydroxylation is 1. The van der Waals surface area contributed by atoms with E-state index < -0.39 is 34.2 Å². The summed E-state index contributed by atoms with van der Waals surface area (Å²) in [4.78, 5) is 61.6. The number of benzene rings is 3. The zero-order valence-corrected chi connectivity index (χ0v) is 54.0. The highest BCUT2D eigenvalue weighted by atomic mass is 79.9. The summed E-state index contributed by atoms with van der Waals surface area (Å²) in [6.45, 7) is 19.3. The van der Waals surface area contributed by atoms with E-state index in [0.29, 0.717) is 52.9 Å². The van der Waals surface area contributed by atoms with Crippen molar-refractivity contribution >= 4 is 89.7 Å². The minimum Gasteiger partial charge on any atom is -0.490 e. The van der Waals surface area contributed by atoms with Gasteiger partial charge in [-0.25, -0.2) is 32.3 Å². The number of β-amino-alcohol motifs (C(OH)–C–C–N with tert-alkyl or cyclic N) is 1. The summed E-state index contributed by atoms with van der Waals surface area (Å²) in [6.07, 6.45) is 12.1. The Kier molecular flexibility index (Phi) is 16.6. The van der Waals surface area contributed by atoms with Crippen molar-refractivity contribution in [2.45, 2.75) is 160 Å². The highest BCUT2D eigenvalue weighted by Gasteiger charge is 2.52. The first-order valence-corrected chi connectivity index (χ1v) is 32.6. The first-order chi connectivity index (χ1) is 42.3. The van der Waals surface area contributed by atoms with Crippen molar-refractivity contribution in [3.63, 3.8) is 0 Å². The molecule has 5 aliphatic rings. The van der Waals surface area contributed by atoms with Gasteiger partial charge in [-0.2, -0.15) is 0 Å². The molecule has 0 bridgehead atoms. The lowest BCUT2D eigenvalue weighted by molar-refractivity contribution is -0.146. The summed E-state index contributed by atoms with van der Waals surface area (Å²) in [5, 5.41) is 10.3. The number of aliphatic hydroxyl groups is 1. The highest BCUT2D eigenvalue weighted by Crippen LogP contribution is 2.41. The molecule has 3 saturated heterocycles.